The van der Waals surface area contributed by atoms with Crippen LogP contribution < -0.4 is 5.32 Å². The van der Waals surface area contributed by atoms with E-state index < -0.39 is 6.36 Å². The highest BCUT2D eigenvalue weighted by Gasteiger charge is 2.28. The summed E-state index contributed by atoms with van der Waals surface area (Å²) in [6.07, 6.45) is -3.65. The Morgan fingerprint density at radius 1 is 1.36 bits per heavy atom. The molecule has 0 aliphatic heterocycles. The molecule has 0 aromatic heterocycles. The second kappa shape index (κ2) is 6.63. The average Bonchev–Trinajstić information content (AvgIpc) is 1.95. The van der Waals surface area contributed by atoms with Crippen LogP contribution in [0.25, 0.3) is 0 Å². The molecule has 0 spiro atoms. The second-order valence-electron chi connectivity index (χ2n) is 3.17. The van der Waals surface area contributed by atoms with Gasteiger partial charge in [-0.15, -0.1) is 13.2 Å². The van der Waals surface area contributed by atoms with Crippen LogP contribution in [0.3, 0.4) is 0 Å². The van der Waals surface area contributed by atoms with Crippen molar-refractivity contribution in [3.8, 4) is 0 Å². The van der Waals surface area contributed by atoms with E-state index >= 15 is 0 Å². The topological polar surface area (TPSA) is 21.3 Å². The minimum absolute atomic E-state index is 0.182. The smallest absolute Gasteiger partial charge is 0.312 e. The standard InChI is InChI=1S/C8H15BrF3NO/c1-6(9)5-7(2)13-3-4-14-8(10,11)12/h6-7,13H,3-5H2,1-2H3. The molecular weight excluding hydrogens is 263 g/mol. The molecular formula is C8H15BrF3NO. The summed E-state index contributed by atoms with van der Waals surface area (Å²) in [6, 6.07) is 0.182. The van der Waals surface area contributed by atoms with Gasteiger partial charge in [0.15, 0.2) is 0 Å². The first kappa shape index (κ1) is 14.2. The minimum Gasteiger partial charge on any atom is -0.312 e. The SMILES string of the molecule is CC(Br)CC(C)NCCOC(F)(F)F. The lowest BCUT2D eigenvalue weighted by molar-refractivity contribution is -0.323. The van der Waals surface area contributed by atoms with Crippen LogP contribution in [0.1, 0.15) is 20.3 Å². The fourth-order valence-electron chi connectivity index (χ4n) is 1.04. The maximum Gasteiger partial charge on any atom is 0.522 e. The van der Waals surface area contributed by atoms with E-state index in [1.54, 1.807) is 0 Å². The molecule has 0 aliphatic rings. The summed E-state index contributed by atoms with van der Waals surface area (Å²) in [5.74, 6) is 0. The van der Waals surface area contributed by atoms with Crippen molar-refractivity contribution in [3.63, 3.8) is 0 Å². The zero-order valence-electron chi connectivity index (χ0n) is 8.20. The van der Waals surface area contributed by atoms with Crippen molar-refractivity contribution in [2.45, 2.75) is 37.5 Å². The first-order chi connectivity index (χ1) is 6.31. The van der Waals surface area contributed by atoms with E-state index in [1.807, 2.05) is 13.8 Å². The summed E-state index contributed by atoms with van der Waals surface area (Å²) >= 11 is 3.36. The van der Waals surface area contributed by atoms with E-state index in [-0.39, 0.29) is 19.2 Å². The average molecular weight is 278 g/mol. The monoisotopic (exact) mass is 277 g/mol. The van der Waals surface area contributed by atoms with Crippen LogP contribution in [0.2, 0.25) is 0 Å². The molecule has 0 rings (SSSR count). The van der Waals surface area contributed by atoms with Crippen LogP contribution in [0, 0.1) is 0 Å². The lowest BCUT2D eigenvalue weighted by Gasteiger charge is -2.15. The fraction of sp³-hybridized carbons (Fsp3) is 1.00. The molecule has 86 valence electrons. The number of hydrogen-bond acceptors (Lipinski definition) is 2. The maximum absolute atomic E-state index is 11.5. The molecule has 0 aromatic rings. The van der Waals surface area contributed by atoms with Crippen LogP contribution in [0.5, 0.6) is 0 Å². The number of alkyl halides is 4. The highest BCUT2D eigenvalue weighted by Crippen LogP contribution is 2.15. The van der Waals surface area contributed by atoms with E-state index in [2.05, 4.69) is 26.0 Å². The molecule has 6 heteroatoms. The van der Waals surface area contributed by atoms with Crippen molar-refractivity contribution in [1.29, 1.82) is 0 Å². The molecule has 0 aliphatic carbocycles. The van der Waals surface area contributed by atoms with Gasteiger partial charge in [0.05, 0.1) is 6.61 Å². The third kappa shape index (κ3) is 10.3. The summed E-state index contributed by atoms with van der Waals surface area (Å²) in [7, 11) is 0. The first-order valence-corrected chi connectivity index (χ1v) is 5.31. The van der Waals surface area contributed by atoms with E-state index in [9.17, 15) is 13.2 Å². The van der Waals surface area contributed by atoms with Crippen molar-refractivity contribution in [3.05, 3.63) is 0 Å². The maximum atomic E-state index is 11.5. The lowest BCUT2D eigenvalue weighted by atomic mass is 10.2. The minimum atomic E-state index is -4.52. The summed E-state index contributed by atoms with van der Waals surface area (Å²) in [5, 5.41) is 2.93. The molecule has 0 fully saturated rings. The molecule has 2 nitrogen and oxygen atoms in total. The summed E-state index contributed by atoms with van der Waals surface area (Å²) in [4.78, 5) is 0.355. The molecule has 0 aromatic carbocycles. The highest BCUT2D eigenvalue weighted by atomic mass is 79.9. The summed E-state index contributed by atoms with van der Waals surface area (Å²) in [6.45, 7) is 3.78. The van der Waals surface area contributed by atoms with E-state index in [0.717, 1.165) is 6.42 Å². The summed E-state index contributed by atoms with van der Waals surface area (Å²) < 4.78 is 38.2. The van der Waals surface area contributed by atoms with Crippen molar-refractivity contribution >= 4 is 15.9 Å². The molecule has 0 radical (unpaired) electrons. The van der Waals surface area contributed by atoms with Gasteiger partial charge in [0, 0.05) is 17.4 Å². The van der Waals surface area contributed by atoms with E-state index in [0.29, 0.717) is 4.83 Å². The summed E-state index contributed by atoms with van der Waals surface area (Å²) in [5.41, 5.74) is 0. The molecule has 2 unspecified atom stereocenters. The third-order valence-corrected chi connectivity index (χ3v) is 1.91. The van der Waals surface area contributed by atoms with E-state index in [4.69, 9.17) is 0 Å². The van der Waals surface area contributed by atoms with Gasteiger partial charge in [-0.2, -0.15) is 0 Å². The molecule has 0 bridgehead atoms. The van der Waals surface area contributed by atoms with Crippen LogP contribution >= 0.6 is 15.9 Å². The number of hydrogen-bond donors (Lipinski definition) is 1. The van der Waals surface area contributed by atoms with Gasteiger partial charge >= 0.3 is 6.36 Å². The fourth-order valence-corrected chi connectivity index (χ4v) is 1.60. The van der Waals surface area contributed by atoms with Crippen molar-refractivity contribution < 1.29 is 17.9 Å². The Kier molecular flexibility index (Phi) is 6.72. The Hall–Kier alpha value is 0.190. The van der Waals surface area contributed by atoms with Gasteiger partial charge in [-0.25, -0.2) is 0 Å². The number of nitrogens with one attached hydrogen (secondary N) is 1. The van der Waals surface area contributed by atoms with Gasteiger partial charge in [0.2, 0.25) is 0 Å². The number of rotatable bonds is 6. The van der Waals surface area contributed by atoms with Crippen LogP contribution in [-0.4, -0.2) is 30.4 Å². The van der Waals surface area contributed by atoms with Crippen molar-refractivity contribution in [2.75, 3.05) is 13.2 Å². The predicted molar refractivity (Wildman–Crippen MR) is 52.5 cm³/mol. The predicted octanol–water partition coefficient (Wildman–Crippen LogP) is 2.67. The zero-order valence-corrected chi connectivity index (χ0v) is 9.78. The molecule has 0 saturated carbocycles. The van der Waals surface area contributed by atoms with Gasteiger partial charge < -0.3 is 5.32 Å². The molecule has 1 N–H and O–H groups in total. The van der Waals surface area contributed by atoms with Gasteiger partial charge in [-0.3, -0.25) is 4.74 Å². The molecule has 2 atom stereocenters. The quantitative estimate of drug-likeness (QED) is 0.595. The van der Waals surface area contributed by atoms with Gasteiger partial charge in [0.25, 0.3) is 0 Å². The molecule has 14 heavy (non-hydrogen) atoms. The normalized spacial score (nSPS) is 16.7. The second-order valence-corrected chi connectivity index (χ2v) is 4.73. The van der Waals surface area contributed by atoms with Crippen LogP contribution in [-0.2, 0) is 4.74 Å². The Bertz CT molecular complexity index is 152. The first-order valence-electron chi connectivity index (χ1n) is 4.39. The largest absolute Gasteiger partial charge is 0.522 e. The molecule has 0 amide bonds. The Morgan fingerprint density at radius 2 is 1.93 bits per heavy atom. The van der Waals surface area contributed by atoms with Crippen LogP contribution in [0.4, 0.5) is 13.2 Å². The zero-order chi connectivity index (χ0) is 11.2. The number of halogens is 4. The highest BCUT2D eigenvalue weighted by molar-refractivity contribution is 9.09. The Morgan fingerprint density at radius 3 is 2.36 bits per heavy atom. The van der Waals surface area contributed by atoms with Gasteiger partial charge in [0.1, 0.15) is 0 Å². The molecule has 0 heterocycles. The van der Waals surface area contributed by atoms with Gasteiger partial charge in [-0.05, 0) is 13.3 Å². The Balaban J connectivity index is 3.36. The Labute approximate surface area is 90.3 Å². The third-order valence-electron chi connectivity index (χ3n) is 1.54. The molecule has 0 saturated heterocycles. The van der Waals surface area contributed by atoms with Gasteiger partial charge in [-0.1, -0.05) is 22.9 Å². The number of ether oxygens (including phenoxy) is 1. The van der Waals surface area contributed by atoms with Crippen molar-refractivity contribution in [1.82, 2.24) is 5.32 Å². The lowest BCUT2D eigenvalue weighted by Crippen LogP contribution is -2.32. The van der Waals surface area contributed by atoms with Crippen LogP contribution in [0.15, 0.2) is 0 Å². The van der Waals surface area contributed by atoms with E-state index in [1.165, 1.54) is 0 Å². The van der Waals surface area contributed by atoms with Crippen molar-refractivity contribution in [2.24, 2.45) is 0 Å².